The molecule has 0 saturated heterocycles. The number of hydrogen-bond acceptors (Lipinski definition) is 2. The van der Waals surface area contributed by atoms with Gasteiger partial charge in [-0.1, -0.05) is 6.08 Å². The second-order valence-corrected chi connectivity index (χ2v) is 2.46. The summed E-state index contributed by atoms with van der Waals surface area (Å²) >= 11 is 0. The van der Waals surface area contributed by atoms with Gasteiger partial charge in [-0.15, -0.1) is 13.2 Å². The first-order chi connectivity index (χ1) is 5.97. The van der Waals surface area contributed by atoms with Gasteiger partial charge in [0.15, 0.2) is 0 Å². The lowest BCUT2D eigenvalue weighted by atomic mass is 10.3. The van der Waals surface area contributed by atoms with Crippen molar-refractivity contribution in [1.29, 1.82) is 0 Å². The van der Waals surface area contributed by atoms with Crippen LogP contribution < -0.4 is 5.73 Å². The van der Waals surface area contributed by atoms with Gasteiger partial charge in [-0.3, -0.25) is 0 Å². The van der Waals surface area contributed by atoms with Crippen molar-refractivity contribution in [2.75, 3.05) is 0 Å². The van der Waals surface area contributed by atoms with E-state index in [1.54, 1.807) is 0 Å². The standard InChI is InChI=1S/C8H8F3NO/c9-8(10,11)13-7-3-1-2-6(12)4-5-7/h1,3-5H,2,12H2. The fourth-order valence-corrected chi connectivity index (χ4v) is 0.826. The van der Waals surface area contributed by atoms with Crippen LogP contribution in [0.1, 0.15) is 6.42 Å². The Morgan fingerprint density at radius 3 is 2.62 bits per heavy atom. The van der Waals surface area contributed by atoms with Gasteiger partial charge in [0.2, 0.25) is 0 Å². The van der Waals surface area contributed by atoms with E-state index in [4.69, 9.17) is 5.73 Å². The molecule has 0 amide bonds. The van der Waals surface area contributed by atoms with E-state index < -0.39 is 6.36 Å². The van der Waals surface area contributed by atoms with Crippen molar-refractivity contribution in [3.63, 3.8) is 0 Å². The van der Waals surface area contributed by atoms with Crippen LogP contribution in [0.15, 0.2) is 35.8 Å². The highest BCUT2D eigenvalue weighted by Gasteiger charge is 2.31. The molecule has 0 aromatic rings. The Morgan fingerprint density at radius 1 is 1.31 bits per heavy atom. The third-order valence-electron chi connectivity index (χ3n) is 1.33. The smallest absolute Gasteiger partial charge is 0.406 e. The average molecular weight is 191 g/mol. The van der Waals surface area contributed by atoms with Gasteiger partial charge in [0.25, 0.3) is 0 Å². The molecule has 0 aromatic heterocycles. The molecule has 0 spiro atoms. The summed E-state index contributed by atoms with van der Waals surface area (Å²) in [6.45, 7) is 0. The Balaban J connectivity index is 2.70. The summed E-state index contributed by atoms with van der Waals surface area (Å²) in [4.78, 5) is 0. The van der Waals surface area contributed by atoms with Crippen LogP contribution in [0.5, 0.6) is 0 Å². The Labute approximate surface area is 73.2 Å². The first-order valence-corrected chi connectivity index (χ1v) is 3.56. The summed E-state index contributed by atoms with van der Waals surface area (Å²) < 4.78 is 38.8. The van der Waals surface area contributed by atoms with Crippen molar-refractivity contribution in [2.24, 2.45) is 5.73 Å². The molecule has 0 saturated carbocycles. The van der Waals surface area contributed by atoms with Gasteiger partial charge < -0.3 is 10.5 Å². The molecule has 0 aliphatic heterocycles. The topological polar surface area (TPSA) is 35.2 Å². The van der Waals surface area contributed by atoms with Crippen molar-refractivity contribution >= 4 is 0 Å². The Bertz CT molecular complexity index is 276. The normalized spacial score (nSPS) is 17.5. The van der Waals surface area contributed by atoms with Gasteiger partial charge in [-0.2, -0.15) is 0 Å². The highest BCUT2D eigenvalue weighted by atomic mass is 19.4. The molecule has 0 radical (unpaired) electrons. The lowest BCUT2D eigenvalue weighted by Crippen LogP contribution is -2.11. The summed E-state index contributed by atoms with van der Waals surface area (Å²) in [5.41, 5.74) is 5.89. The monoisotopic (exact) mass is 191 g/mol. The van der Waals surface area contributed by atoms with E-state index in [-0.39, 0.29) is 5.76 Å². The lowest BCUT2D eigenvalue weighted by molar-refractivity contribution is -0.303. The highest BCUT2D eigenvalue weighted by molar-refractivity contribution is 5.26. The van der Waals surface area contributed by atoms with Gasteiger partial charge in [0, 0.05) is 12.1 Å². The molecule has 0 unspecified atom stereocenters. The number of alkyl halides is 3. The van der Waals surface area contributed by atoms with E-state index in [0.717, 1.165) is 0 Å². The fraction of sp³-hybridized carbons (Fsp3) is 0.250. The van der Waals surface area contributed by atoms with E-state index in [2.05, 4.69) is 4.74 Å². The maximum absolute atomic E-state index is 11.7. The molecule has 0 fully saturated rings. The van der Waals surface area contributed by atoms with Gasteiger partial charge in [-0.25, -0.2) is 0 Å². The predicted octanol–water partition coefficient (Wildman–Crippen LogP) is 2.21. The second kappa shape index (κ2) is 3.55. The molecule has 2 nitrogen and oxygen atoms in total. The number of ether oxygens (including phenoxy) is 1. The number of halogens is 3. The summed E-state index contributed by atoms with van der Waals surface area (Å²) in [6.07, 6.45) is 1.11. The van der Waals surface area contributed by atoms with E-state index in [1.807, 2.05) is 0 Å². The van der Waals surface area contributed by atoms with Crippen LogP contribution in [0.2, 0.25) is 0 Å². The van der Waals surface area contributed by atoms with Crippen molar-refractivity contribution < 1.29 is 17.9 Å². The molecule has 2 N–H and O–H groups in total. The largest absolute Gasteiger partial charge is 0.573 e. The summed E-state index contributed by atoms with van der Waals surface area (Å²) in [7, 11) is 0. The Morgan fingerprint density at radius 2 is 2.00 bits per heavy atom. The van der Waals surface area contributed by atoms with E-state index in [1.165, 1.54) is 24.3 Å². The van der Waals surface area contributed by atoms with Crippen LogP contribution in [0.25, 0.3) is 0 Å². The molecule has 1 aliphatic carbocycles. The van der Waals surface area contributed by atoms with Crippen molar-refractivity contribution in [2.45, 2.75) is 12.8 Å². The van der Waals surface area contributed by atoms with Crippen LogP contribution in [0, 0.1) is 0 Å². The summed E-state index contributed by atoms with van der Waals surface area (Å²) in [6, 6.07) is 0. The molecular weight excluding hydrogens is 183 g/mol. The quantitative estimate of drug-likeness (QED) is 0.689. The van der Waals surface area contributed by atoms with Crippen molar-refractivity contribution in [1.82, 2.24) is 0 Å². The minimum Gasteiger partial charge on any atom is -0.406 e. The van der Waals surface area contributed by atoms with Gasteiger partial charge >= 0.3 is 6.36 Å². The average Bonchev–Trinajstić information content (AvgIpc) is 2.12. The minimum atomic E-state index is -4.65. The van der Waals surface area contributed by atoms with Crippen LogP contribution in [0.4, 0.5) is 13.2 Å². The maximum atomic E-state index is 11.7. The van der Waals surface area contributed by atoms with Crippen LogP contribution >= 0.6 is 0 Å². The fourth-order valence-electron chi connectivity index (χ4n) is 0.826. The molecule has 0 heterocycles. The van der Waals surface area contributed by atoms with Crippen LogP contribution in [0.3, 0.4) is 0 Å². The zero-order chi connectivity index (χ0) is 9.90. The summed E-state index contributed by atoms with van der Waals surface area (Å²) in [5, 5.41) is 0. The van der Waals surface area contributed by atoms with E-state index in [9.17, 15) is 13.2 Å². The molecule has 1 aliphatic rings. The molecule has 0 bridgehead atoms. The van der Waals surface area contributed by atoms with Crippen molar-refractivity contribution in [3.8, 4) is 0 Å². The second-order valence-electron chi connectivity index (χ2n) is 2.46. The van der Waals surface area contributed by atoms with Gasteiger partial charge in [0.1, 0.15) is 5.76 Å². The third kappa shape index (κ3) is 3.68. The predicted molar refractivity (Wildman–Crippen MR) is 41.3 cm³/mol. The van der Waals surface area contributed by atoms with E-state index in [0.29, 0.717) is 12.1 Å². The molecule has 1 rings (SSSR count). The molecule has 72 valence electrons. The molecule has 0 atom stereocenters. The first kappa shape index (κ1) is 9.70. The Hall–Kier alpha value is -1.39. The SMILES string of the molecule is NC1=CC=C(OC(F)(F)F)C=CC1. The third-order valence-corrected chi connectivity index (χ3v) is 1.33. The number of allylic oxidation sites excluding steroid dienone is 4. The molecule has 0 aromatic carbocycles. The maximum Gasteiger partial charge on any atom is 0.573 e. The molecule has 5 heteroatoms. The number of nitrogens with two attached hydrogens (primary N) is 1. The molecular formula is C8H8F3NO. The van der Waals surface area contributed by atoms with Crippen molar-refractivity contribution in [3.05, 3.63) is 35.8 Å². The van der Waals surface area contributed by atoms with Gasteiger partial charge in [-0.05, 0) is 18.2 Å². The van der Waals surface area contributed by atoms with E-state index >= 15 is 0 Å². The van der Waals surface area contributed by atoms with Crippen LogP contribution in [-0.2, 0) is 4.74 Å². The highest BCUT2D eigenvalue weighted by Crippen LogP contribution is 2.22. The summed E-state index contributed by atoms with van der Waals surface area (Å²) in [5.74, 6) is -0.257. The zero-order valence-corrected chi connectivity index (χ0v) is 6.64. The van der Waals surface area contributed by atoms with Crippen LogP contribution in [-0.4, -0.2) is 6.36 Å². The molecule has 13 heavy (non-hydrogen) atoms. The van der Waals surface area contributed by atoms with Gasteiger partial charge in [0.05, 0.1) is 0 Å². The zero-order valence-electron chi connectivity index (χ0n) is 6.64. The Kier molecular flexibility index (Phi) is 2.65. The minimum absolute atomic E-state index is 0.257. The first-order valence-electron chi connectivity index (χ1n) is 3.56. The number of rotatable bonds is 1. The lowest BCUT2D eigenvalue weighted by Gasteiger charge is -2.07. The number of hydrogen-bond donors (Lipinski definition) is 1.